The van der Waals surface area contributed by atoms with Crippen molar-refractivity contribution >= 4 is 23.1 Å². The lowest BCUT2D eigenvalue weighted by Crippen LogP contribution is -2.42. The van der Waals surface area contributed by atoms with E-state index in [4.69, 9.17) is 0 Å². The monoisotopic (exact) mass is 696 g/mol. The fraction of sp³-hybridized carbons (Fsp3) is 0.478. The van der Waals surface area contributed by atoms with Crippen LogP contribution in [0.25, 0.3) is 11.1 Å². The molecule has 6 nitrogen and oxygen atoms in total. The van der Waals surface area contributed by atoms with Gasteiger partial charge in [-0.25, -0.2) is 0 Å². The maximum Gasteiger partial charge on any atom is 0.162 e. The van der Waals surface area contributed by atoms with Crippen molar-refractivity contribution in [3.63, 3.8) is 0 Å². The van der Waals surface area contributed by atoms with Crippen molar-refractivity contribution in [2.45, 2.75) is 119 Å². The van der Waals surface area contributed by atoms with Gasteiger partial charge in [0.15, 0.2) is 23.1 Å². The van der Waals surface area contributed by atoms with E-state index >= 15 is 0 Å². The first-order valence-electron chi connectivity index (χ1n) is 19.1. The molecular formula is C46H52N2O4. The Hall–Kier alpha value is -4.32. The summed E-state index contributed by atoms with van der Waals surface area (Å²) in [6, 6.07) is 16.7. The van der Waals surface area contributed by atoms with Crippen LogP contribution in [0.5, 0.6) is 0 Å². The Balaban J connectivity index is 1.15. The van der Waals surface area contributed by atoms with Crippen molar-refractivity contribution in [2.75, 3.05) is 0 Å². The third kappa shape index (κ3) is 5.96. The van der Waals surface area contributed by atoms with Crippen LogP contribution in [-0.4, -0.2) is 23.1 Å². The van der Waals surface area contributed by atoms with Crippen LogP contribution in [0.1, 0.15) is 130 Å². The first kappa shape index (κ1) is 34.7. The molecule has 0 saturated heterocycles. The minimum absolute atomic E-state index is 0.127. The molecule has 0 amide bonds. The highest BCUT2D eigenvalue weighted by molar-refractivity contribution is 6.08. The average Bonchev–Trinajstić information content (AvgIpc) is 3.00. The molecule has 270 valence electrons. The Bertz CT molecular complexity index is 1840. The van der Waals surface area contributed by atoms with Crippen LogP contribution in [0.2, 0.25) is 0 Å². The molecule has 2 aliphatic heterocycles. The maximum absolute atomic E-state index is 13.8. The van der Waals surface area contributed by atoms with Crippen LogP contribution in [-0.2, 0) is 19.2 Å². The number of rotatable bonds is 3. The molecular weight excluding hydrogens is 645 g/mol. The fourth-order valence-electron chi connectivity index (χ4n) is 10.2. The highest BCUT2D eigenvalue weighted by Gasteiger charge is 2.48. The Morgan fingerprint density at radius 2 is 0.615 bits per heavy atom. The zero-order valence-electron chi connectivity index (χ0n) is 32.1. The van der Waals surface area contributed by atoms with E-state index in [2.05, 4.69) is 115 Å². The topological polar surface area (TPSA) is 92.3 Å². The average molecular weight is 697 g/mol. The molecule has 8 rings (SSSR count). The Kier molecular flexibility index (Phi) is 7.74. The fourth-order valence-corrected chi connectivity index (χ4v) is 10.2. The van der Waals surface area contributed by atoms with Crippen molar-refractivity contribution in [2.24, 2.45) is 21.7 Å². The Morgan fingerprint density at radius 3 is 0.846 bits per heavy atom. The number of carbonyl (C=O) groups is 4. The lowest BCUT2D eigenvalue weighted by atomic mass is 9.64. The Labute approximate surface area is 308 Å². The summed E-state index contributed by atoms with van der Waals surface area (Å²) in [5, 5.41) is 7.22. The quantitative estimate of drug-likeness (QED) is 0.333. The minimum Gasteiger partial charge on any atom is -0.362 e. The van der Waals surface area contributed by atoms with Crippen LogP contribution in [0, 0.1) is 21.7 Å². The summed E-state index contributed by atoms with van der Waals surface area (Å²) >= 11 is 0. The number of nitrogens with one attached hydrogen (secondary N) is 2. The van der Waals surface area contributed by atoms with Gasteiger partial charge >= 0.3 is 0 Å². The van der Waals surface area contributed by atoms with Crippen molar-refractivity contribution in [3.05, 3.63) is 105 Å². The molecule has 0 atom stereocenters. The molecule has 0 spiro atoms. The predicted molar refractivity (Wildman–Crippen MR) is 204 cm³/mol. The van der Waals surface area contributed by atoms with Crippen LogP contribution >= 0.6 is 0 Å². The summed E-state index contributed by atoms with van der Waals surface area (Å²) in [7, 11) is 0. The number of hydrogen-bond donors (Lipinski definition) is 2. The van der Waals surface area contributed by atoms with Gasteiger partial charge in [-0.15, -0.1) is 0 Å². The summed E-state index contributed by atoms with van der Waals surface area (Å²) in [5.74, 6) is -0.222. The number of allylic oxidation sites excluding steroid dienone is 8. The largest absolute Gasteiger partial charge is 0.362 e. The number of dihydropyridines is 2. The molecule has 6 aliphatic rings. The first-order chi connectivity index (χ1) is 24.3. The van der Waals surface area contributed by atoms with Crippen LogP contribution in [0.15, 0.2) is 93.6 Å². The standard InChI is InChI=1S/C46H52N2O4/c1-43(2)17-29-39(33(49)21-43)37(40-30(47-29)18-44(3,4)22-34(40)50)27-13-9-25(10-14-27)26-11-15-28(16-12-26)38-41-31(19-45(5,6)23-35(41)51)48-32-20-46(7,8)24-36(52)42(32)38/h9-16,37-38,47-48H,17-24H2,1-8H3. The minimum atomic E-state index is -0.365. The van der Waals surface area contributed by atoms with Gasteiger partial charge in [0.25, 0.3) is 0 Å². The van der Waals surface area contributed by atoms with Crippen molar-refractivity contribution < 1.29 is 19.2 Å². The van der Waals surface area contributed by atoms with Gasteiger partial charge in [0.05, 0.1) is 0 Å². The molecule has 6 heteroatoms. The van der Waals surface area contributed by atoms with Crippen molar-refractivity contribution in [1.82, 2.24) is 10.6 Å². The van der Waals surface area contributed by atoms with Gasteiger partial charge in [0.2, 0.25) is 0 Å². The molecule has 0 saturated carbocycles. The SMILES string of the molecule is CC1(C)CC(=O)C2=C(C1)NC1=C(C(=O)CC(C)(C)C1)C2c1ccc(-c2ccc(C3C4=C(CC(C)(C)CC4=O)NC4=C3C(=O)CC(C)(C)C4)cc2)cc1. The van der Waals surface area contributed by atoms with Gasteiger partial charge < -0.3 is 10.6 Å². The summed E-state index contributed by atoms with van der Waals surface area (Å²) in [6.45, 7) is 17.1. The van der Waals surface area contributed by atoms with Gasteiger partial charge in [0.1, 0.15) is 0 Å². The molecule has 2 aromatic rings. The van der Waals surface area contributed by atoms with Crippen molar-refractivity contribution in [3.8, 4) is 11.1 Å². The molecule has 4 aliphatic carbocycles. The van der Waals surface area contributed by atoms with Gasteiger partial charge in [-0.2, -0.15) is 0 Å². The summed E-state index contributed by atoms with van der Waals surface area (Å²) in [5.41, 5.74) is 10.4. The number of Topliss-reactive ketones (excluding diaryl/α,β-unsaturated/α-hetero) is 4. The van der Waals surface area contributed by atoms with Gasteiger partial charge in [-0.05, 0) is 69.6 Å². The maximum atomic E-state index is 13.8. The second-order valence-corrected chi connectivity index (χ2v) is 19.7. The van der Waals surface area contributed by atoms with E-state index in [-0.39, 0.29) is 56.6 Å². The summed E-state index contributed by atoms with van der Waals surface area (Å²) in [6.07, 6.45) is 4.99. The second-order valence-electron chi connectivity index (χ2n) is 19.7. The van der Waals surface area contributed by atoms with E-state index in [0.29, 0.717) is 25.7 Å². The summed E-state index contributed by atoms with van der Waals surface area (Å²) in [4.78, 5) is 55.1. The number of hydrogen-bond acceptors (Lipinski definition) is 6. The van der Waals surface area contributed by atoms with Crippen molar-refractivity contribution in [1.29, 1.82) is 0 Å². The molecule has 0 bridgehead atoms. The van der Waals surface area contributed by atoms with E-state index in [1.54, 1.807) is 0 Å². The van der Waals surface area contributed by atoms with Crippen LogP contribution in [0.3, 0.4) is 0 Å². The lowest BCUT2D eigenvalue weighted by Gasteiger charge is -2.44. The van der Waals surface area contributed by atoms with Crippen LogP contribution in [0.4, 0.5) is 0 Å². The molecule has 0 fully saturated rings. The number of benzene rings is 2. The third-order valence-corrected chi connectivity index (χ3v) is 12.3. The molecule has 0 radical (unpaired) electrons. The lowest BCUT2D eigenvalue weighted by molar-refractivity contribution is -0.120. The molecule has 2 N–H and O–H groups in total. The molecule has 0 aromatic heterocycles. The van der Waals surface area contributed by atoms with E-state index < -0.39 is 0 Å². The third-order valence-electron chi connectivity index (χ3n) is 12.3. The smallest absolute Gasteiger partial charge is 0.162 e. The summed E-state index contributed by atoms with van der Waals surface area (Å²) < 4.78 is 0. The van der Waals surface area contributed by atoms with Gasteiger partial charge in [0, 0.05) is 82.6 Å². The highest BCUT2D eigenvalue weighted by Crippen LogP contribution is 2.53. The predicted octanol–water partition coefficient (Wildman–Crippen LogP) is 9.30. The number of ketones is 4. The normalized spacial score (nSPS) is 25.3. The Morgan fingerprint density at radius 1 is 0.385 bits per heavy atom. The molecule has 2 heterocycles. The van der Waals surface area contributed by atoms with Gasteiger partial charge in [-0.3, -0.25) is 19.2 Å². The van der Waals surface area contributed by atoms with E-state index in [0.717, 1.165) is 93.0 Å². The zero-order chi connectivity index (χ0) is 37.1. The highest BCUT2D eigenvalue weighted by atomic mass is 16.1. The first-order valence-corrected chi connectivity index (χ1v) is 19.1. The van der Waals surface area contributed by atoms with E-state index in [1.807, 2.05) is 0 Å². The molecule has 0 unspecified atom stereocenters. The number of carbonyl (C=O) groups excluding carboxylic acids is 4. The van der Waals surface area contributed by atoms with Gasteiger partial charge in [-0.1, -0.05) is 104 Å². The molecule has 52 heavy (non-hydrogen) atoms. The second kappa shape index (κ2) is 11.6. The van der Waals surface area contributed by atoms with E-state index in [1.165, 1.54) is 0 Å². The van der Waals surface area contributed by atoms with E-state index in [9.17, 15) is 19.2 Å². The zero-order valence-corrected chi connectivity index (χ0v) is 32.1. The van der Waals surface area contributed by atoms with Crippen LogP contribution < -0.4 is 10.6 Å². The molecule has 2 aromatic carbocycles.